The van der Waals surface area contributed by atoms with Crippen molar-refractivity contribution in [1.82, 2.24) is 5.32 Å². The van der Waals surface area contributed by atoms with Gasteiger partial charge in [-0.15, -0.1) is 0 Å². The zero-order valence-electron chi connectivity index (χ0n) is 18.2. The predicted molar refractivity (Wildman–Crippen MR) is 130 cm³/mol. The molecule has 0 fully saturated rings. The van der Waals surface area contributed by atoms with Crippen LogP contribution in [0.1, 0.15) is 13.8 Å². The van der Waals surface area contributed by atoms with Gasteiger partial charge in [-0.1, -0.05) is 35.9 Å². The first-order valence-corrected chi connectivity index (χ1v) is 11.9. The second-order valence-corrected chi connectivity index (χ2v) is 9.87. The Morgan fingerprint density at radius 3 is 2.24 bits per heavy atom. The number of hydrogen-bond donors (Lipinski definition) is 4. The summed E-state index contributed by atoms with van der Waals surface area (Å²) in [7, 11) is -4.02. The maximum absolute atomic E-state index is 14.8. The number of sulfonamides is 1. The number of amides is 3. The predicted octanol–water partition coefficient (Wildman–Crippen LogP) is 4.33. The minimum absolute atomic E-state index is 0.144. The van der Waals surface area contributed by atoms with E-state index in [1.807, 2.05) is 0 Å². The van der Waals surface area contributed by atoms with Crippen LogP contribution in [-0.4, -0.2) is 25.9 Å². The maximum atomic E-state index is 14.8. The number of halogens is 2. The van der Waals surface area contributed by atoms with Crippen molar-refractivity contribution in [3.05, 3.63) is 77.6 Å². The minimum Gasteiger partial charge on any atom is -0.324 e. The molecule has 3 amide bonds. The zero-order chi connectivity index (χ0) is 25.1. The van der Waals surface area contributed by atoms with Gasteiger partial charge in [0.25, 0.3) is 0 Å². The molecule has 3 rings (SSSR count). The number of nitrogens with two attached hydrogens (primary N) is 1. The van der Waals surface area contributed by atoms with Gasteiger partial charge in [-0.25, -0.2) is 22.7 Å². The van der Waals surface area contributed by atoms with E-state index in [2.05, 4.69) is 16.0 Å². The van der Waals surface area contributed by atoms with Gasteiger partial charge in [-0.05, 0) is 61.9 Å². The van der Waals surface area contributed by atoms with Gasteiger partial charge >= 0.3 is 6.03 Å². The van der Waals surface area contributed by atoms with Crippen LogP contribution >= 0.6 is 11.6 Å². The molecule has 8 nitrogen and oxygen atoms in total. The standard InChI is InChI=1S/C23H22ClFN4O4S/c1-23(2,29-22(31)27-16-10-8-15(24)9-11-16)21(30)28-19-12-7-14(13-18(19)25)17-5-3-4-6-20(17)34(26,32)33/h3-13H,1-2H3,(H,28,30)(H2,26,32,33)(H2,27,29,31). The van der Waals surface area contributed by atoms with Crippen molar-refractivity contribution in [3.8, 4) is 11.1 Å². The number of urea groups is 1. The van der Waals surface area contributed by atoms with Crippen molar-refractivity contribution in [3.63, 3.8) is 0 Å². The SMILES string of the molecule is CC(C)(NC(=O)Nc1ccc(Cl)cc1)C(=O)Nc1ccc(-c2ccccc2S(N)(=O)=O)cc1F. The van der Waals surface area contributed by atoms with Gasteiger partial charge in [0.2, 0.25) is 15.9 Å². The van der Waals surface area contributed by atoms with Crippen molar-refractivity contribution < 1.29 is 22.4 Å². The summed E-state index contributed by atoms with van der Waals surface area (Å²) in [6, 6.07) is 15.5. The van der Waals surface area contributed by atoms with Gasteiger partial charge < -0.3 is 16.0 Å². The Morgan fingerprint density at radius 2 is 1.62 bits per heavy atom. The molecule has 0 bridgehead atoms. The van der Waals surface area contributed by atoms with Crippen LogP contribution in [0.5, 0.6) is 0 Å². The highest BCUT2D eigenvalue weighted by atomic mass is 35.5. The van der Waals surface area contributed by atoms with Gasteiger partial charge in [-0.2, -0.15) is 0 Å². The number of rotatable bonds is 6. The molecule has 0 saturated carbocycles. The summed E-state index contributed by atoms with van der Waals surface area (Å²) in [5.41, 5.74) is -0.584. The van der Waals surface area contributed by atoms with Crippen LogP contribution in [0.2, 0.25) is 5.02 Å². The van der Waals surface area contributed by atoms with Crippen LogP contribution in [0.25, 0.3) is 11.1 Å². The van der Waals surface area contributed by atoms with E-state index in [0.29, 0.717) is 10.7 Å². The Hall–Kier alpha value is -3.47. The van der Waals surface area contributed by atoms with Gasteiger partial charge in [-0.3, -0.25) is 4.79 Å². The smallest absolute Gasteiger partial charge is 0.320 e. The molecule has 34 heavy (non-hydrogen) atoms. The molecule has 0 saturated heterocycles. The van der Waals surface area contributed by atoms with E-state index in [1.54, 1.807) is 30.3 Å². The summed E-state index contributed by atoms with van der Waals surface area (Å²) in [6.45, 7) is 2.91. The maximum Gasteiger partial charge on any atom is 0.320 e. The highest BCUT2D eigenvalue weighted by Gasteiger charge is 2.30. The molecule has 11 heteroatoms. The molecule has 5 N–H and O–H groups in total. The lowest BCUT2D eigenvalue weighted by molar-refractivity contribution is -0.120. The van der Waals surface area contributed by atoms with Crippen molar-refractivity contribution in [2.75, 3.05) is 10.6 Å². The lowest BCUT2D eigenvalue weighted by Gasteiger charge is -2.25. The summed E-state index contributed by atoms with van der Waals surface area (Å²) < 4.78 is 38.5. The molecule has 0 spiro atoms. The zero-order valence-corrected chi connectivity index (χ0v) is 19.8. The number of carbonyl (C=O) groups is 2. The molecule has 178 valence electrons. The van der Waals surface area contributed by atoms with E-state index >= 15 is 0 Å². The average Bonchev–Trinajstić information content (AvgIpc) is 2.75. The van der Waals surface area contributed by atoms with Crippen LogP contribution < -0.4 is 21.1 Å². The van der Waals surface area contributed by atoms with Crippen LogP contribution in [0.15, 0.2) is 71.6 Å². The molecule has 3 aromatic carbocycles. The minimum atomic E-state index is -4.02. The molecular formula is C23H22ClFN4O4S. The number of benzene rings is 3. The first-order valence-electron chi connectivity index (χ1n) is 9.95. The van der Waals surface area contributed by atoms with E-state index in [1.165, 1.54) is 44.2 Å². The molecule has 0 atom stereocenters. The normalized spacial score (nSPS) is 11.6. The number of primary sulfonamides is 1. The summed E-state index contributed by atoms with van der Waals surface area (Å²) in [5, 5.41) is 13.3. The van der Waals surface area contributed by atoms with E-state index in [4.69, 9.17) is 16.7 Å². The van der Waals surface area contributed by atoms with Crippen LogP contribution in [0.3, 0.4) is 0 Å². The highest BCUT2D eigenvalue weighted by molar-refractivity contribution is 7.89. The first-order chi connectivity index (χ1) is 15.9. The molecule has 3 aromatic rings. The fraction of sp³-hybridized carbons (Fsp3) is 0.130. The van der Waals surface area contributed by atoms with Crippen molar-refractivity contribution in [2.45, 2.75) is 24.3 Å². The van der Waals surface area contributed by atoms with Crippen LogP contribution in [0.4, 0.5) is 20.6 Å². The highest BCUT2D eigenvalue weighted by Crippen LogP contribution is 2.29. The van der Waals surface area contributed by atoms with Gasteiger partial charge in [0.05, 0.1) is 10.6 Å². The monoisotopic (exact) mass is 504 g/mol. The Bertz CT molecular complexity index is 1350. The van der Waals surface area contributed by atoms with Crippen molar-refractivity contribution in [2.24, 2.45) is 5.14 Å². The van der Waals surface area contributed by atoms with Gasteiger partial charge in [0.15, 0.2) is 0 Å². The third-order valence-electron chi connectivity index (χ3n) is 4.82. The molecule has 0 radical (unpaired) electrons. The fourth-order valence-electron chi connectivity index (χ4n) is 3.05. The van der Waals surface area contributed by atoms with Crippen LogP contribution in [0, 0.1) is 5.82 Å². The Morgan fingerprint density at radius 1 is 0.971 bits per heavy atom. The molecule has 0 aliphatic heterocycles. The number of carbonyl (C=O) groups excluding carboxylic acids is 2. The summed E-state index contributed by atoms with van der Waals surface area (Å²) in [5.74, 6) is -1.47. The quantitative estimate of drug-likeness (QED) is 0.398. The van der Waals surface area contributed by atoms with Crippen molar-refractivity contribution in [1.29, 1.82) is 0 Å². The third-order valence-corrected chi connectivity index (χ3v) is 6.04. The van der Waals surface area contributed by atoms with Gasteiger partial charge in [0, 0.05) is 16.3 Å². The molecular weight excluding hydrogens is 483 g/mol. The number of nitrogens with one attached hydrogen (secondary N) is 3. The lowest BCUT2D eigenvalue weighted by atomic mass is 10.0. The first kappa shape index (κ1) is 25.2. The molecule has 0 aliphatic carbocycles. The summed E-state index contributed by atoms with van der Waals surface area (Å²) in [6.07, 6.45) is 0. The summed E-state index contributed by atoms with van der Waals surface area (Å²) >= 11 is 5.81. The molecule has 0 unspecified atom stereocenters. The van der Waals surface area contributed by atoms with Crippen molar-refractivity contribution >= 4 is 44.9 Å². The Kier molecular flexibility index (Phi) is 7.25. The molecule has 0 heterocycles. The molecule has 0 aliphatic rings. The van der Waals surface area contributed by atoms with Crippen LogP contribution in [-0.2, 0) is 14.8 Å². The Labute approximate surface area is 201 Å². The van der Waals surface area contributed by atoms with E-state index in [0.717, 1.165) is 6.07 Å². The topological polar surface area (TPSA) is 130 Å². The number of hydrogen-bond acceptors (Lipinski definition) is 4. The fourth-order valence-corrected chi connectivity index (χ4v) is 3.94. The van der Waals surface area contributed by atoms with Gasteiger partial charge in [0.1, 0.15) is 11.4 Å². The summed E-state index contributed by atoms with van der Waals surface area (Å²) in [4.78, 5) is 24.9. The number of anilines is 2. The third kappa shape index (κ3) is 6.10. The Balaban J connectivity index is 1.73. The second-order valence-electron chi connectivity index (χ2n) is 7.90. The molecule has 0 aromatic heterocycles. The van der Waals surface area contributed by atoms with E-state index in [-0.39, 0.29) is 21.7 Å². The second kappa shape index (κ2) is 9.80. The largest absolute Gasteiger partial charge is 0.324 e. The van der Waals surface area contributed by atoms with E-state index in [9.17, 15) is 22.4 Å². The lowest BCUT2D eigenvalue weighted by Crippen LogP contribution is -2.53. The van der Waals surface area contributed by atoms with E-state index < -0.39 is 33.3 Å². The average molecular weight is 505 g/mol.